The van der Waals surface area contributed by atoms with Crippen LogP contribution in [0.1, 0.15) is 25.0 Å². The molecule has 2 aromatic carbocycles. The lowest BCUT2D eigenvalue weighted by atomic mass is 10.0. The lowest BCUT2D eigenvalue weighted by Gasteiger charge is -2.23. The summed E-state index contributed by atoms with van der Waals surface area (Å²) in [6.45, 7) is 4.15. The Bertz CT molecular complexity index is 873. The summed E-state index contributed by atoms with van der Waals surface area (Å²) in [7, 11) is 0. The topological polar surface area (TPSA) is 85.9 Å². The molecule has 0 aromatic heterocycles. The molecule has 29 heavy (non-hydrogen) atoms. The molecule has 3 rings (SSSR count). The van der Waals surface area contributed by atoms with Crippen molar-refractivity contribution >= 4 is 29.3 Å². The predicted octanol–water partition coefficient (Wildman–Crippen LogP) is 4.10. The van der Waals surface area contributed by atoms with Crippen molar-refractivity contribution in [3.63, 3.8) is 0 Å². The van der Waals surface area contributed by atoms with Gasteiger partial charge in [0.25, 0.3) is 0 Å². The van der Waals surface area contributed by atoms with E-state index < -0.39 is 18.0 Å². The Labute approximate surface area is 174 Å². The molecule has 2 aromatic rings. The van der Waals surface area contributed by atoms with Crippen LogP contribution in [-0.2, 0) is 27.5 Å². The Kier molecular flexibility index (Phi) is 6.95. The van der Waals surface area contributed by atoms with E-state index in [0.29, 0.717) is 28.6 Å². The minimum absolute atomic E-state index is 0.0209. The molecule has 154 valence electrons. The Morgan fingerprint density at radius 2 is 1.97 bits per heavy atom. The largest absolute Gasteiger partial charge is 0.467 e. The van der Waals surface area contributed by atoms with Gasteiger partial charge in [0.1, 0.15) is 18.4 Å². The first-order valence-corrected chi connectivity index (χ1v) is 9.63. The van der Waals surface area contributed by atoms with Gasteiger partial charge in [-0.25, -0.2) is 9.59 Å². The Hall–Kier alpha value is -2.77. The number of hydrogen-bond donors (Lipinski definition) is 2. The third-order valence-electron chi connectivity index (χ3n) is 4.36. The van der Waals surface area contributed by atoms with Gasteiger partial charge in [0.05, 0.1) is 6.61 Å². The summed E-state index contributed by atoms with van der Waals surface area (Å²) >= 11 is 6.14. The standard InChI is InChI=1S/C21H23ClN2O5/c1-13(2)18(24-21(26)23-17-6-4-3-5-7-17)20(25)28-11-15-9-16(22)8-14-10-27-12-29-19(14)15/h3-9,13,18H,10-12H2,1-2H3,(H2,23,24,26)/t18-/m0/s1. The van der Waals surface area contributed by atoms with Gasteiger partial charge in [0, 0.05) is 21.8 Å². The molecule has 0 radical (unpaired) electrons. The summed E-state index contributed by atoms with van der Waals surface area (Å²) < 4.78 is 16.2. The molecule has 7 nitrogen and oxygen atoms in total. The van der Waals surface area contributed by atoms with Crippen LogP contribution >= 0.6 is 11.6 Å². The fourth-order valence-corrected chi connectivity index (χ4v) is 3.19. The van der Waals surface area contributed by atoms with Crippen molar-refractivity contribution in [2.75, 3.05) is 12.1 Å². The van der Waals surface area contributed by atoms with Crippen molar-refractivity contribution in [3.8, 4) is 5.75 Å². The zero-order chi connectivity index (χ0) is 20.8. The minimum Gasteiger partial charge on any atom is -0.467 e. The lowest BCUT2D eigenvalue weighted by molar-refractivity contribution is -0.148. The monoisotopic (exact) mass is 418 g/mol. The van der Waals surface area contributed by atoms with Crippen LogP contribution in [0, 0.1) is 5.92 Å². The number of amides is 2. The van der Waals surface area contributed by atoms with Crippen LogP contribution in [0.25, 0.3) is 0 Å². The molecule has 0 fully saturated rings. The maximum Gasteiger partial charge on any atom is 0.329 e. The molecule has 1 heterocycles. The molecule has 1 atom stereocenters. The number of fused-ring (bicyclic) bond motifs is 1. The summed E-state index contributed by atoms with van der Waals surface area (Å²) in [5.74, 6) is -0.0877. The third-order valence-corrected chi connectivity index (χ3v) is 4.58. The summed E-state index contributed by atoms with van der Waals surface area (Å²) in [5, 5.41) is 5.87. The number of benzene rings is 2. The second-order valence-corrected chi connectivity index (χ2v) is 7.39. The molecule has 0 bridgehead atoms. The van der Waals surface area contributed by atoms with Gasteiger partial charge >= 0.3 is 12.0 Å². The number of ether oxygens (including phenoxy) is 3. The first-order valence-electron chi connectivity index (χ1n) is 9.25. The minimum atomic E-state index is -0.807. The highest BCUT2D eigenvalue weighted by atomic mass is 35.5. The quantitative estimate of drug-likeness (QED) is 0.690. The predicted molar refractivity (Wildman–Crippen MR) is 109 cm³/mol. The van der Waals surface area contributed by atoms with Crippen molar-refractivity contribution < 1.29 is 23.8 Å². The summed E-state index contributed by atoms with van der Waals surface area (Å²) in [4.78, 5) is 24.9. The van der Waals surface area contributed by atoms with Gasteiger partial charge in [0.15, 0.2) is 6.79 Å². The molecular formula is C21H23ClN2O5. The van der Waals surface area contributed by atoms with Crippen LogP contribution in [-0.4, -0.2) is 24.8 Å². The lowest BCUT2D eigenvalue weighted by Crippen LogP contribution is -2.47. The molecule has 1 aliphatic rings. The number of para-hydroxylation sites is 1. The molecular weight excluding hydrogens is 396 g/mol. The zero-order valence-electron chi connectivity index (χ0n) is 16.2. The molecule has 0 spiro atoms. The van der Waals surface area contributed by atoms with Crippen LogP contribution in [0.15, 0.2) is 42.5 Å². The first kappa shape index (κ1) is 21.0. The van der Waals surface area contributed by atoms with Crippen LogP contribution in [0.5, 0.6) is 5.75 Å². The van der Waals surface area contributed by atoms with E-state index in [0.717, 1.165) is 5.56 Å². The Morgan fingerprint density at radius 1 is 1.21 bits per heavy atom. The Balaban J connectivity index is 1.63. The molecule has 1 aliphatic heterocycles. The zero-order valence-corrected chi connectivity index (χ0v) is 17.0. The average molecular weight is 419 g/mol. The number of hydrogen-bond acceptors (Lipinski definition) is 5. The fraction of sp³-hybridized carbons (Fsp3) is 0.333. The number of rotatable bonds is 6. The molecule has 0 aliphatic carbocycles. The highest BCUT2D eigenvalue weighted by molar-refractivity contribution is 6.30. The second kappa shape index (κ2) is 9.62. The number of nitrogens with one attached hydrogen (secondary N) is 2. The number of carbonyl (C=O) groups excluding carboxylic acids is 2. The number of urea groups is 1. The van der Waals surface area contributed by atoms with Crippen LogP contribution < -0.4 is 15.4 Å². The van der Waals surface area contributed by atoms with Crippen molar-refractivity contribution in [3.05, 3.63) is 58.6 Å². The maximum atomic E-state index is 12.6. The highest BCUT2D eigenvalue weighted by Crippen LogP contribution is 2.32. The van der Waals surface area contributed by atoms with E-state index in [1.165, 1.54) is 0 Å². The number of esters is 1. The van der Waals surface area contributed by atoms with E-state index in [9.17, 15) is 9.59 Å². The van der Waals surface area contributed by atoms with Gasteiger partial charge in [-0.05, 0) is 30.2 Å². The van der Waals surface area contributed by atoms with Gasteiger partial charge in [-0.3, -0.25) is 0 Å². The van der Waals surface area contributed by atoms with Crippen LogP contribution in [0.2, 0.25) is 5.02 Å². The van der Waals surface area contributed by atoms with Gasteiger partial charge in [-0.15, -0.1) is 0 Å². The second-order valence-electron chi connectivity index (χ2n) is 6.96. The normalized spacial score (nSPS) is 13.8. The summed E-state index contributed by atoms with van der Waals surface area (Å²) in [6, 6.07) is 11.1. The molecule has 2 N–H and O–H groups in total. The van der Waals surface area contributed by atoms with E-state index in [1.54, 1.807) is 24.3 Å². The number of halogens is 1. The van der Waals surface area contributed by atoms with Crippen molar-refractivity contribution in [2.24, 2.45) is 5.92 Å². The van der Waals surface area contributed by atoms with Gasteiger partial charge in [-0.1, -0.05) is 43.6 Å². The smallest absolute Gasteiger partial charge is 0.329 e. The fourth-order valence-electron chi connectivity index (χ4n) is 2.93. The number of anilines is 1. The number of carbonyl (C=O) groups is 2. The van der Waals surface area contributed by atoms with E-state index in [2.05, 4.69) is 10.6 Å². The van der Waals surface area contributed by atoms with Gasteiger partial charge in [0.2, 0.25) is 0 Å². The van der Waals surface area contributed by atoms with Crippen LogP contribution in [0.4, 0.5) is 10.5 Å². The summed E-state index contributed by atoms with van der Waals surface area (Å²) in [5.41, 5.74) is 2.08. The highest BCUT2D eigenvalue weighted by Gasteiger charge is 2.26. The van der Waals surface area contributed by atoms with E-state index in [-0.39, 0.29) is 19.3 Å². The van der Waals surface area contributed by atoms with Gasteiger partial charge in [-0.2, -0.15) is 0 Å². The van der Waals surface area contributed by atoms with Crippen molar-refractivity contribution in [2.45, 2.75) is 33.1 Å². The molecule has 0 saturated carbocycles. The van der Waals surface area contributed by atoms with Gasteiger partial charge < -0.3 is 24.8 Å². The third kappa shape index (κ3) is 5.62. The molecule has 0 saturated heterocycles. The Morgan fingerprint density at radius 3 is 2.69 bits per heavy atom. The SMILES string of the molecule is CC(C)[C@H](NC(=O)Nc1ccccc1)C(=O)OCc1cc(Cl)cc2c1OCOC2. The van der Waals surface area contributed by atoms with Crippen LogP contribution in [0.3, 0.4) is 0 Å². The average Bonchev–Trinajstić information content (AvgIpc) is 2.70. The van der Waals surface area contributed by atoms with E-state index in [1.807, 2.05) is 32.0 Å². The first-order chi connectivity index (χ1) is 13.9. The summed E-state index contributed by atoms with van der Waals surface area (Å²) in [6.07, 6.45) is 0. The van der Waals surface area contributed by atoms with Crippen molar-refractivity contribution in [1.82, 2.24) is 5.32 Å². The molecule has 0 unspecified atom stereocenters. The maximum absolute atomic E-state index is 12.6. The molecule has 8 heteroatoms. The van der Waals surface area contributed by atoms with E-state index >= 15 is 0 Å². The molecule has 2 amide bonds. The van der Waals surface area contributed by atoms with E-state index in [4.69, 9.17) is 25.8 Å². The van der Waals surface area contributed by atoms with Crippen molar-refractivity contribution in [1.29, 1.82) is 0 Å².